The van der Waals surface area contributed by atoms with E-state index in [0.29, 0.717) is 18.0 Å². The molecule has 1 aromatic rings. The highest BCUT2D eigenvalue weighted by molar-refractivity contribution is 5.19. The largest absolute Gasteiger partial charge is 0.317 e. The van der Waals surface area contributed by atoms with Crippen molar-refractivity contribution < 1.29 is 8.78 Å². The highest BCUT2D eigenvalue weighted by atomic mass is 19.1. The predicted molar refractivity (Wildman–Crippen MR) is 60.3 cm³/mol. The van der Waals surface area contributed by atoms with Crippen LogP contribution in [0.25, 0.3) is 0 Å². The summed E-state index contributed by atoms with van der Waals surface area (Å²) in [5, 5.41) is 3.20. The molecule has 88 valence electrons. The van der Waals surface area contributed by atoms with E-state index in [1.165, 1.54) is 18.9 Å². The molecule has 0 amide bonds. The topological polar surface area (TPSA) is 12.0 Å². The van der Waals surface area contributed by atoms with Gasteiger partial charge in [0.05, 0.1) is 0 Å². The minimum Gasteiger partial charge on any atom is -0.317 e. The third-order valence-electron chi connectivity index (χ3n) is 3.20. The van der Waals surface area contributed by atoms with Gasteiger partial charge in [0.25, 0.3) is 0 Å². The highest BCUT2D eigenvalue weighted by Crippen LogP contribution is 2.34. The first-order valence-corrected chi connectivity index (χ1v) is 5.80. The van der Waals surface area contributed by atoms with Gasteiger partial charge in [0.2, 0.25) is 0 Å². The van der Waals surface area contributed by atoms with Crippen LogP contribution in [0.2, 0.25) is 0 Å². The van der Waals surface area contributed by atoms with Crippen molar-refractivity contribution in [1.82, 2.24) is 5.32 Å². The Kier molecular flexibility index (Phi) is 3.54. The first-order valence-electron chi connectivity index (χ1n) is 5.80. The molecule has 1 unspecified atom stereocenters. The van der Waals surface area contributed by atoms with Crippen LogP contribution in [0.3, 0.4) is 0 Å². The summed E-state index contributed by atoms with van der Waals surface area (Å²) in [5.74, 6) is -0.138. The number of rotatable bonds is 5. The Morgan fingerprint density at radius 3 is 2.69 bits per heavy atom. The fourth-order valence-corrected chi connectivity index (χ4v) is 2.01. The molecule has 1 atom stereocenters. The molecule has 0 radical (unpaired) electrons. The Hall–Kier alpha value is -0.960. The van der Waals surface area contributed by atoms with E-state index < -0.39 is 11.6 Å². The summed E-state index contributed by atoms with van der Waals surface area (Å²) in [4.78, 5) is 0. The fourth-order valence-electron chi connectivity index (χ4n) is 2.01. The van der Waals surface area contributed by atoms with Crippen molar-refractivity contribution in [1.29, 1.82) is 0 Å². The quantitative estimate of drug-likeness (QED) is 0.812. The maximum absolute atomic E-state index is 13.4. The van der Waals surface area contributed by atoms with Gasteiger partial charge in [0, 0.05) is 12.1 Å². The van der Waals surface area contributed by atoms with Gasteiger partial charge >= 0.3 is 0 Å². The molecule has 0 spiro atoms. The normalized spacial score (nSPS) is 17.4. The van der Waals surface area contributed by atoms with E-state index in [9.17, 15) is 8.78 Å². The van der Waals surface area contributed by atoms with Crippen LogP contribution in [0.15, 0.2) is 18.2 Å². The second-order valence-electron chi connectivity index (χ2n) is 4.60. The van der Waals surface area contributed by atoms with Crippen molar-refractivity contribution in [2.75, 3.05) is 7.05 Å². The first kappa shape index (κ1) is 11.5. The lowest BCUT2D eigenvalue weighted by atomic mass is 10.0. The second kappa shape index (κ2) is 4.91. The Labute approximate surface area is 94.9 Å². The number of hydrogen-bond acceptors (Lipinski definition) is 1. The molecule has 3 heteroatoms. The lowest BCUT2D eigenvalue weighted by molar-refractivity contribution is 0.477. The molecule has 1 aliphatic carbocycles. The first-order chi connectivity index (χ1) is 7.69. The minimum absolute atomic E-state index is 0.299. The molecule has 1 saturated carbocycles. The number of hydrogen-bond donors (Lipinski definition) is 1. The average Bonchev–Trinajstić information content (AvgIpc) is 3.04. The summed E-state index contributed by atoms with van der Waals surface area (Å²) < 4.78 is 26.2. The molecular formula is C13H17F2N. The molecular weight excluding hydrogens is 208 g/mol. The zero-order chi connectivity index (χ0) is 11.5. The van der Waals surface area contributed by atoms with Gasteiger partial charge in [-0.2, -0.15) is 0 Å². The Morgan fingerprint density at radius 2 is 2.12 bits per heavy atom. The minimum atomic E-state index is -0.510. The fraction of sp³-hybridized carbons (Fsp3) is 0.538. The van der Waals surface area contributed by atoms with E-state index in [2.05, 4.69) is 5.32 Å². The van der Waals surface area contributed by atoms with Gasteiger partial charge in [-0.1, -0.05) is 18.9 Å². The summed E-state index contributed by atoms with van der Waals surface area (Å²) in [7, 11) is 1.90. The standard InChI is InChI=1S/C13H17F2N/c1-16-12(6-9-2-3-9)7-10-4-5-11(14)8-13(10)15/h4-5,8-9,12,16H,2-3,6-7H2,1H3. The van der Waals surface area contributed by atoms with Gasteiger partial charge in [-0.05, 0) is 37.4 Å². The van der Waals surface area contributed by atoms with E-state index in [4.69, 9.17) is 0 Å². The van der Waals surface area contributed by atoms with E-state index in [1.54, 1.807) is 6.07 Å². The predicted octanol–water partition coefficient (Wildman–Crippen LogP) is 2.90. The molecule has 16 heavy (non-hydrogen) atoms. The molecule has 0 aliphatic heterocycles. The van der Waals surface area contributed by atoms with Crippen LogP contribution < -0.4 is 5.32 Å². The molecule has 1 aliphatic rings. The van der Waals surface area contributed by atoms with Crippen molar-refractivity contribution >= 4 is 0 Å². The third-order valence-corrected chi connectivity index (χ3v) is 3.20. The van der Waals surface area contributed by atoms with Crippen molar-refractivity contribution in [2.45, 2.75) is 31.7 Å². The van der Waals surface area contributed by atoms with Gasteiger partial charge in [0.15, 0.2) is 0 Å². The van der Waals surface area contributed by atoms with Gasteiger partial charge in [-0.15, -0.1) is 0 Å². The molecule has 1 aromatic carbocycles. The van der Waals surface area contributed by atoms with Crippen molar-refractivity contribution in [3.63, 3.8) is 0 Å². The van der Waals surface area contributed by atoms with Crippen molar-refractivity contribution in [3.8, 4) is 0 Å². The molecule has 1 nitrogen and oxygen atoms in total. The second-order valence-corrected chi connectivity index (χ2v) is 4.60. The monoisotopic (exact) mass is 225 g/mol. The van der Waals surface area contributed by atoms with E-state index in [1.807, 2.05) is 7.05 Å². The maximum Gasteiger partial charge on any atom is 0.129 e. The van der Waals surface area contributed by atoms with Crippen molar-refractivity contribution in [3.05, 3.63) is 35.4 Å². The van der Waals surface area contributed by atoms with Gasteiger partial charge in [0.1, 0.15) is 11.6 Å². The van der Waals surface area contributed by atoms with Gasteiger partial charge in [-0.25, -0.2) is 8.78 Å². The Bertz CT molecular complexity index is 361. The van der Waals surface area contributed by atoms with Gasteiger partial charge in [-0.3, -0.25) is 0 Å². The lowest BCUT2D eigenvalue weighted by Crippen LogP contribution is -2.28. The Morgan fingerprint density at radius 1 is 1.38 bits per heavy atom. The van der Waals surface area contributed by atoms with Crippen LogP contribution in [0.1, 0.15) is 24.8 Å². The number of likely N-dealkylation sites (N-methyl/N-ethyl adjacent to an activating group) is 1. The Balaban J connectivity index is 1.99. The number of benzene rings is 1. The van der Waals surface area contributed by atoms with Crippen LogP contribution in [-0.2, 0) is 6.42 Å². The molecule has 1 N–H and O–H groups in total. The van der Waals surface area contributed by atoms with E-state index in [0.717, 1.165) is 18.4 Å². The zero-order valence-corrected chi connectivity index (χ0v) is 9.47. The van der Waals surface area contributed by atoms with Crippen LogP contribution in [-0.4, -0.2) is 13.1 Å². The van der Waals surface area contributed by atoms with Crippen LogP contribution in [0.5, 0.6) is 0 Å². The van der Waals surface area contributed by atoms with Gasteiger partial charge < -0.3 is 5.32 Å². The number of nitrogens with one attached hydrogen (secondary N) is 1. The van der Waals surface area contributed by atoms with Crippen LogP contribution >= 0.6 is 0 Å². The zero-order valence-electron chi connectivity index (χ0n) is 9.47. The summed E-state index contributed by atoms with van der Waals surface area (Å²) >= 11 is 0. The van der Waals surface area contributed by atoms with Crippen LogP contribution in [0, 0.1) is 17.6 Å². The van der Waals surface area contributed by atoms with E-state index >= 15 is 0 Å². The maximum atomic E-state index is 13.4. The highest BCUT2D eigenvalue weighted by Gasteiger charge is 2.25. The SMILES string of the molecule is CNC(Cc1ccc(F)cc1F)CC1CC1. The molecule has 0 saturated heterocycles. The summed E-state index contributed by atoms with van der Waals surface area (Å²) in [6, 6.07) is 4.12. The summed E-state index contributed by atoms with van der Waals surface area (Å²) in [5.41, 5.74) is 0.599. The average molecular weight is 225 g/mol. The van der Waals surface area contributed by atoms with E-state index in [-0.39, 0.29) is 0 Å². The third kappa shape index (κ3) is 3.01. The lowest BCUT2D eigenvalue weighted by Gasteiger charge is -2.16. The molecule has 0 aromatic heterocycles. The molecule has 2 rings (SSSR count). The smallest absolute Gasteiger partial charge is 0.129 e. The summed E-state index contributed by atoms with van der Waals surface area (Å²) in [6.45, 7) is 0. The van der Waals surface area contributed by atoms with Crippen molar-refractivity contribution in [2.24, 2.45) is 5.92 Å². The number of halogens is 2. The molecule has 0 bridgehead atoms. The molecule has 0 heterocycles. The summed E-state index contributed by atoms with van der Waals surface area (Å²) in [6.07, 6.45) is 4.32. The van der Waals surface area contributed by atoms with Crippen LogP contribution in [0.4, 0.5) is 8.78 Å². The molecule has 1 fully saturated rings.